The third-order valence-electron chi connectivity index (χ3n) is 12.0. The van der Waals surface area contributed by atoms with E-state index in [4.69, 9.17) is 0 Å². The maximum atomic E-state index is 15.2. The summed E-state index contributed by atoms with van der Waals surface area (Å²) in [5.41, 5.74) is -1.59. The van der Waals surface area contributed by atoms with E-state index in [0.717, 1.165) is 79.0 Å². The number of halogens is 6. The number of hydrogen-bond donors (Lipinski definition) is 0. The van der Waals surface area contributed by atoms with Crippen LogP contribution in [0, 0.1) is 11.3 Å². The second kappa shape index (κ2) is 12.9. The summed E-state index contributed by atoms with van der Waals surface area (Å²) in [6.07, 6.45) is -10.4. The van der Waals surface area contributed by atoms with E-state index in [-0.39, 0.29) is 16.8 Å². The number of rotatable bonds is 3. The molecule has 8 aromatic carbocycles. The highest BCUT2D eigenvalue weighted by molar-refractivity contribution is 7.27. The van der Waals surface area contributed by atoms with Gasteiger partial charge in [0, 0.05) is 63.6 Å². The molecular weight excluding hydrogens is 833 g/mol. The van der Waals surface area contributed by atoms with Crippen molar-refractivity contribution in [2.75, 3.05) is 0 Å². The molecule has 3 nitrogen and oxygen atoms in total. The zero-order valence-corrected chi connectivity index (χ0v) is 33.5. The first-order valence-corrected chi connectivity index (χ1v) is 21.2. The maximum absolute atomic E-state index is 15.2. The highest BCUT2D eigenvalue weighted by atomic mass is 32.1. The van der Waals surface area contributed by atoms with Crippen molar-refractivity contribution < 1.29 is 26.3 Å². The van der Waals surface area contributed by atoms with Crippen LogP contribution in [0.25, 0.3) is 106 Å². The van der Waals surface area contributed by atoms with Gasteiger partial charge < -0.3 is 9.13 Å². The molecule has 0 bridgehead atoms. The van der Waals surface area contributed by atoms with Gasteiger partial charge in [0.1, 0.15) is 11.6 Å². The number of benzene rings is 8. The summed E-state index contributed by atoms with van der Waals surface area (Å²) in [7, 11) is 0. The molecule has 4 heterocycles. The number of nitrogens with zero attached hydrogens (tertiary/aromatic N) is 3. The Morgan fingerprint density at radius 1 is 0.435 bits per heavy atom. The van der Waals surface area contributed by atoms with Crippen molar-refractivity contribution in [3.63, 3.8) is 0 Å². The minimum Gasteiger partial charge on any atom is -0.306 e. The highest BCUT2D eigenvalue weighted by Crippen LogP contribution is 2.51. The van der Waals surface area contributed by atoms with Crippen molar-refractivity contribution in [3.8, 4) is 28.6 Å². The summed E-state index contributed by atoms with van der Waals surface area (Å²) in [6, 6.07) is 46.3. The summed E-state index contributed by atoms with van der Waals surface area (Å²) in [6.45, 7) is 0. The normalized spacial score (nSPS) is 12.7. The van der Waals surface area contributed by atoms with E-state index in [2.05, 4.69) is 12.1 Å². The van der Waals surface area contributed by atoms with E-state index in [1.165, 1.54) is 23.5 Å². The van der Waals surface area contributed by atoms with Crippen LogP contribution in [-0.4, -0.2) is 9.13 Å². The first-order valence-electron chi connectivity index (χ1n) is 19.6. The minimum absolute atomic E-state index is 0.0854. The summed E-state index contributed by atoms with van der Waals surface area (Å²) in [5, 5.41) is 18.8. The molecule has 0 fully saturated rings. The molecule has 62 heavy (non-hydrogen) atoms. The predicted molar refractivity (Wildman–Crippen MR) is 241 cm³/mol. The summed E-state index contributed by atoms with van der Waals surface area (Å²) >= 11 is 3.08. The van der Waals surface area contributed by atoms with Gasteiger partial charge in [-0.3, -0.25) is 0 Å². The standard InChI is InChI=1S/C51H25F6N3S2/c52-50(53,54)37-14-9-15-38(51(55,56)57)44(37)35-24-25-41(59-39-16-5-1-10-27(39)31-20-22-33-29-12-3-7-18-42(29)61-48(33)46(31)59)36(26-58)45(35)60-40-17-6-2-11-28(40)32-21-23-34-30-13-4-8-19-43(30)62-49(34)47(32)60/h1-25H. The molecule has 4 aromatic heterocycles. The molecular formula is C51H25F6N3S2. The molecule has 0 radical (unpaired) electrons. The quantitative estimate of drug-likeness (QED) is 0.163. The van der Waals surface area contributed by atoms with E-state index < -0.39 is 29.0 Å². The molecule has 0 saturated carbocycles. The predicted octanol–water partition coefficient (Wildman–Crippen LogP) is 16.2. The number of thiophene rings is 2. The molecule has 0 unspecified atom stereocenters. The molecule has 0 N–H and O–H groups in total. The van der Waals surface area contributed by atoms with Gasteiger partial charge in [0.15, 0.2) is 0 Å². The van der Waals surface area contributed by atoms with Gasteiger partial charge in [0.05, 0.1) is 54.0 Å². The smallest absolute Gasteiger partial charge is 0.306 e. The topological polar surface area (TPSA) is 33.6 Å². The molecule has 298 valence electrons. The van der Waals surface area contributed by atoms with Gasteiger partial charge in [-0.1, -0.05) is 109 Å². The number of para-hydroxylation sites is 2. The number of hydrogen-bond acceptors (Lipinski definition) is 3. The molecule has 11 heteroatoms. The van der Waals surface area contributed by atoms with Gasteiger partial charge in [-0.25, -0.2) is 0 Å². The lowest BCUT2D eigenvalue weighted by atomic mass is 9.90. The van der Waals surface area contributed by atoms with Crippen LogP contribution in [0.4, 0.5) is 26.3 Å². The van der Waals surface area contributed by atoms with Crippen LogP contribution in [0.2, 0.25) is 0 Å². The van der Waals surface area contributed by atoms with Crippen molar-refractivity contribution in [1.29, 1.82) is 5.26 Å². The van der Waals surface area contributed by atoms with E-state index in [9.17, 15) is 5.26 Å². The van der Waals surface area contributed by atoms with E-state index in [0.29, 0.717) is 28.9 Å². The Morgan fingerprint density at radius 2 is 0.887 bits per heavy atom. The van der Waals surface area contributed by atoms with Crippen molar-refractivity contribution in [1.82, 2.24) is 9.13 Å². The maximum Gasteiger partial charge on any atom is 0.417 e. The Hall–Kier alpha value is -7.13. The first kappa shape index (κ1) is 36.7. The van der Waals surface area contributed by atoms with Gasteiger partial charge in [-0.05, 0) is 42.5 Å². The largest absolute Gasteiger partial charge is 0.417 e. The third kappa shape index (κ3) is 5.05. The number of aromatic nitrogens is 2. The second-order valence-corrected chi connectivity index (χ2v) is 17.4. The van der Waals surface area contributed by atoms with Crippen LogP contribution in [0.3, 0.4) is 0 Å². The fraction of sp³-hybridized carbons (Fsp3) is 0.0392. The van der Waals surface area contributed by atoms with Gasteiger partial charge in [0.25, 0.3) is 0 Å². The molecule has 0 aliphatic carbocycles. The Balaban J connectivity index is 1.33. The van der Waals surface area contributed by atoms with Crippen LogP contribution < -0.4 is 0 Å². The van der Waals surface area contributed by atoms with Crippen molar-refractivity contribution in [2.24, 2.45) is 0 Å². The average Bonchev–Trinajstić information content (AvgIpc) is 4.03. The SMILES string of the molecule is N#Cc1c(-n2c3ccccc3c3ccc4c5ccccc5sc4c32)ccc(-c2c(C(F)(F)F)cccc2C(F)(F)F)c1-n1c2ccccc2c2ccc3c4ccccc4sc3c21. The fourth-order valence-corrected chi connectivity index (χ4v) is 12.1. The molecule has 0 aliphatic heterocycles. The van der Waals surface area contributed by atoms with E-state index in [1.807, 2.05) is 108 Å². The molecule has 0 aliphatic rings. The highest BCUT2D eigenvalue weighted by Gasteiger charge is 2.42. The summed E-state index contributed by atoms with van der Waals surface area (Å²) < 4.78 is 98.8. The molecule has 0 saturated heterocycles. The monoisotopic (exact) mass is 857 g/mol. The van der Waals surface area contributed by atoms with E-state index >= 15 is 26.3 Å². The summed E-state index contributed by atoms with van der Waals surface area (Å²) in [5.74, 6) is 0. The first-order chi connectivity index (χ1) is 30.0. The molecule has 0 spiro atoms. The van der Waals surface area contributed by atoms with Crippen LogP contribution >= 0.6 is 22.7 Å². The lowest BCUT2D eigenvalue weighted by Gasteiger charge is -2.24. The lowest BCUT2D eigenvalue weighted by Crippen LogP contribution is -2.16. The van der Waals surface area contributed by atoms with E-state index in [1.54, 1.807) is 28.0 Å². The number of fused-ring (bicyclic) bond motifs is 14. The van der Waals surface area contributed by atoms with Crippen LogP contribution in [-0.2, 0) is 12.4 Å². The van der Waals surface area contributed by atoms with Gasteiger partial charge >= 0.3 is 12.4 Å². The third-order valence-corrected chi connectivity index (χ3v) is 14.4. The zero-order chi connectivity index (χ0) is 42.2. The van der Waals surface area contributed by atoms with Crippen molar-refractivity contribution in [2.45, 2.75) is 12.4 Å². The van der Waals surface area contributed by atoms with Gasteiger partial charge in [-0.2, -0.15) is 31.6 Å². The molecule has 0 atom stereocenters. The van der Waals surface area contributed by atoms with Crippen LogP contribution in [0.15, 0.2) is 152 Å². The number of nitriles is 1. The second-order valence-electron chi connectivity index (χ2n) is 15.3. The Bertz CT molecular complexity index is 3900. The zero-order valence-electron chi connectivity index (χ0n) is 31.9. The Kier molecular flexibility index (Phi) is 7.66. The molecule has 0 amide bonds. The Morgan fingerprint density at radius 3 is 1.40 bits per heavy atom. The average molecular weight is 858 g/mol. The lowest BCUT2D eigenvalue weighted by molar-refractivity contribution is -0.142. The van der Waals surface area contributed by atoms with Crippen molar-refractivity contribution in [3.05, 3.63) is 168 Å². The Labute approximate surface area is 355 Å². The minimum atomic E-state index is -5.18. The van der Waals surface area contributed by atoms with Gasteiger partial charge in [-0.15, -0.1) is 22.7 Å². The number of alkyl halides is 6. The molecule has 12 rings (SSSR count). The van der Waals surface area contributed by atoms with Crippen LogP contribution in [0.1, 0.15) is 16.7 Å². The van der Waals surface area contributed by atoms with Gasteiger partial charge in [0.2, 0.25) is 0 Å². The molecule has 12 aromatic rings. The van der Waals surface area contributed by atoms with Crippen LogP contribution in [0.5, 0.6) is 0 Å². The van der Waals surface area contributed by atoms with Crippen molar-refractivity contribution >= 4 is 107 Å². The fourth-order valence-electron chi connectivity index (χ4n) is 9.57. The summed E-state index contributed by atoms with van der Waals surface area (Å²) in [4.78, 5) is 0.